The number of hydrogen-bond acceptors (Lipinski definition) is 6. The summed E-state index contributed by atoms with van der Waals surface area (Å²) in [4.78, 5) is 44.3. The molecule has 0 saturated heterocycles. The van der Waals surface area contributed by atoms with Gasteiger partial charge in [0, 0.05) is 24.2 Å². The maximum Gasteiger partial charge on any atom is 0.306 e. The smallest absolute Gasteiger partial charge is 0.306 e. The molecule has 0 unspecified atom stereocenters. The topological polar surface area (TPSA) is 144 Å². The normalized spacial score (nSPS) is 10.9. The van der Waals surface area contributed by atoms with Gasteiger partial charge in [0.25, 0.3) is 0 Å². The third-order valence-electron chi connectivity index (χ3n) is 4.03. The van der Waals surface area contributed by atoms with E-state index in [-0.39, 0.29) is 32.3 Å². The van der Waals surface area contributed by atoms with Crippen LogP contribution in [-0.2, 0) is 25.7 Å². The second kappa shape index (κ2) is 10.1. The zero-order valence-corrected chi connectivity index (χ0v) is 14.1. The maximum atomic E-state index is 11.9. The van der Waals surface area contributed by atoms with Gasteiger partial charge in [-0.15, -0.1) is 0 Å². The molecule has 0 saturated carbocycles. The molecule has 9 nitrogen and oxygen atoms in total. The van der Waals surface area contributed by atoms with Crippen LogP contribution in [0.5, 0.6) is 0 Å². The molecule has 26 heavy (non-hydrogen) atoms. The summed E-state index contributed by atoms with van der Waals surface area (Å²) >= 11 is 0. The number of nitro groups is 1. The number of ether oxygens (including phenoxy) is 1. The first-order valence-corrected chi connectivity index (χ1v) is 8.03. The summed E-state index contributed by atoms with van der Waals surface area (Å²) < 4.78 is 5.06. The van der Waals surface area contributed by atoms with Gasteiger partial charge in [0.15, 0.2) is 0 Å². The molecule has 0 atom stereocenters. The largest absolute Gasteiger partial charge is 0.481 e. The second-order valence-corrected chi connectivity index (χ2v) is 5.92. The van der Waals surface area contributed by atoms with Crippen LogP contribution in [0.15, 0.2) is 30.3 Å². The summed E-state index contributed by atoms with van der Waals surface area (Å²) in [6, 6.07) is 8.88. The molecule has 1 aromatic carbocycles. The van der Waals surface area contributed by atoms with E-state index in [1.54, 1.807) is 24.3 Å². The van der Waals surface area contributed by atoms with Crippen molar-refractivity contribution in [1.29, 1.82) is 0 Å². The minimum atomic E-state index is -1.79. The van der Waals surface area contributed by atoms with Crippen LogP contribution in [-0.4, -0.2) is 38.6 Å². The van der Waals surface area contributed by atoms with Gasteiger partial charge < -0.3 is 14.9 Å². The van der Waals surface area contributed by atoms with Gasteiger partial charge in [-0.2, -0.15) is 0 Å². The van der Waals surface area contributed by atoms with E-state index in [1.807, 2.05) is 6.07 Å². The van der Waals surface area contributed by atoms with Crippen molar-refractivity contribution in [2.75, 3.05) is 0 Å². The van der Waals surface area contributed by atoms with Crippen LogP contribution in [0.1, 0.15) is 44.1 Å². The highest BCUT2D eigenvalue weighted by Crippen LogP contribution is 2.29. The highest BCUT2D eigenvalue weighted by molar-refractivity contribution is 5.70. The molecule has 142 valence electrons. The fourth-order valence-electron chi connectivity index (χ4n) is 2.47. The molecule has 1 rings (SSSR count). The van der Waals surface area contributed by atoms with E-state index in [9.17, 15) is 24.5 Å². The zero-order valence-electron chi connectivity index (χ0n) is 14.1. The lowest BCUT2D eigenvalue weighted by molar-refractivity contribution is -0.573. The van der Waals surface area contributed by atoms with Gasteiger partial charge in [-0.3, -0.25) is 24.5 Å². The number of esters is 1. The summed E-state index contributed by atoms with van der Waals surface area (Å²) in [6.07, 6.45) is -2.26. The maximum absolute atomic E-state index is 11.9. The number of carbonyl (C=O) groups excluding carboxylic acids is 1. The summed E-state index contributed by atoms with van der Waals surface area (Å²) in [5.74, 6) is -3.11. The van der Waals surface area contributed by atoms with Gasteiger partial charge in [-0.25, -0.2) is 0 Å². The number of nitrogens with zero attached hydrogens (tertiary/aromatic N) is 1. The van der Waals surface area contributed by atoms with Crippen molar-refractivity contribution in [2.45, 2.75) is 50.7 Å². The Morgan fingerprint density at radius 1 is 0.962 bits per heavy atom. The number of aliphatic carboxylic acids is 2. The van der Waals surface area contributed by atoms with E-state index in [0.717, 1.165) is 5.56 Å². The first-order chi connectivity index (χ1) is 12.2. The summed E-state index contributed by atoms with van der Waals surface area (Å²) in [7, 11) is 0. The standard InChI is InChI=1S/C17H21NO8/c19-14(20)6-9-17(18(24)25,10-7-15(21)22)11-8-16(23)26-12-13-4-2-1-3-5-13/h1-5H,6-12H2,(H,19,20)(H,21,22). The van der Waals surface area contributed by atoms with E-state index in [1.165, 1.54) is 0 Å². The molecule has 0 spiro atoms. The van der Waals surface area contributed by atoms with Gasteiger partial charge in [-0.05, 0) is 5.56 Å². The van der Waals surface area contributed by atoms with E-state index < -0.39 is 41.2 Å². The van der Waals surface area contributed by atoms with Crippen molar-refractivity contribution in [2.24, 2.45) is 0 Å². The molecule has 0 aliphatic heterocycles. The predicted octanol–water partition coefficient (Wildman–Crippen LogP) is 2.26. The SMILES string of the molecule is O=C(O)CCC(CCC(=O)O)(CCC(=O)OCc1ccccc1)[N+](=O)[O-]. The first-order valence-electron chi connectivity index (χ1n) is 8.03. The molecule has 2 N–H and O–H groups in total. The number of carboxylic acids is 2. The highest BCUT2D eigenvalue weighted by atomic mass is 16.6. The summed E-state index contributed by atoms with van der Waals surface area (Å²) in [5, 5.41) is 29.1. The van der Waals surface area contributed by atoms with Gasteiger partial charge in [0.2, 0.25) is 5.54 Å². The molecule has 0 fully saturated rings. The number of rotatable bonds is 12. The van der Waals surface area contributed by atoms with Crippen LogP contribution in [0.4, 0.5) is 0 Å². The number of hydrogen-bond donors (Lipinski definition) is 2. The van der Waals surface area contributed by atoms with Crippen LogP contribution in [0.25, 0.3) is 0 Å². The molecule has 1 aromatic rings. The average molecular weight is 367 g/mol. The third kappa shape index (κ3) is 7.29. The summed E-state index contributed by atoms with van der Waals surface area (Å²) in [6.45, 7) is 0.0232. The molecule has 9 heteroatoms. The molecule has 0 bridgehead atoms. The van der Waals surface area contributed by atoms with Crippen molar-refractivity contribution >= 4 is 17.9 Å². The Labute approximate surface area is 149 Å². The number of carboxylic acid groups (broad SMARTS) is 2. The van der Waals surface area contributed by atoms with E-state index >= 15 is 0 Å². The van der Waals surface area contributed by atoms with Crippen LogP contribution >= 0.6 is 0 Å². The third-order valence-corrected chi connectivity index (χ3v) is 4.03. The Morgan fingerprint density at radius 3 is 1.92 bits per heavy atom. The highest BCUT2D eigenvalue weighted by Gasteiger charge is 2.43. The van der Waals surface area contributed by atoms with Crippen LogP contribution in [0.3, 0.4) is 0 Å². The van der Waals surface area contributed by atoms with E-state index in [0.29, 0.717) is 0 Å². The molecular weight excluding hydrogens is 346 g/mol. The molecule has 0 radical (unpaired) electrons. The van der Waals surface area contributed by atoms with Gasteiger partial charge in [0.1, 0.15) is 6.61 Å². The molecule has 0 heterocycles. The Morgan fingerprint density at radius 2 is 1.46 bits per heavy atom. The second-order valence-electron chi connectivity index (χ2n) is 5.92. The van der Waals surface area contributed by atoms with Crippen molar-refractivity contribution < 1.29 is 34.3 Å². The lowest BCUT2D eigenvalue weighted by atomic mass is 9.84. The lowest BCUT2D eigenvalue weighted by Crippen LogP contribution is -2.40. The monoisotopic (exact) mass is 367 g/mol. The zero-order chi connectivity index (χ0) is 19.6. The predicted molar refractivity (Wildman–Crippen MR) is 88.9 cm³/mol. The first kappa shape index (κ1) is 21.1. The van der Waals surface area contributed by atoms with Crippen LogP contribution in [0, 0.1) is 10.1 Å². The Hall–Kier alpha value is -2.97. The van der Waals surface area contributed by atoms with Crippen LogP contribution in [0.2, 0.25) is 0 Å². The van der Waals surface area contributed by atoms with Gasteiger partial charge in [-0.1, -0.05) is 30.3 Å². The lowest BCUT2D eigenvalue weighted by Gasteiger charge is -2.24. The van der Waals surface area contributed by atoms with Crippen LogP contribution < -0.4 is 0 Å². The average Bonchev–Trinajstić information content (AvgIpc) is 2.60. The molecule has 0 amide bonds. The minimum absolute atomic E-state index is 0.0232. The van der Waals surface area contributed by atoms with E-state index in [2.05, 4.69) is 0 Å². The molecule has 0 aliphatic carbocycles. The van der Waals surface area contributed by atoms with Crippen molar-refractivity contribution in [1.82, 2.24) is 0 Å². The van der Waals surface area contributed by atoms with Crippen molar-refractivity contribution in [3.63, 3.8) is 0 Å². The van der Waals surface area contributed by atoms with E-state index in [4.69, 9.17) is 14.9 Å². The van der Waals surface area contributed by atoms with Crippen molar-refractivity contribution in [3.05, 3.63) is 46.0 Å². The van der Waals surface area contributed by atoms with Gasteiger partial charge in [0.05, 0.1) is 19.3 Å². The molecule has 0 aliphatic rings. The van der Waals surface area contributed by atoms with Gasteiger partial charge >= 0.3 is 17.9 Å². The fraction of sp³-hybridized carbons (Fsp3) is 0.471. The minimum Gasteiger partial charge on any atom is -0.481 e. The quantitative estimate of drug-likeness (QED) is 0.325. The van der Waals surface area contributed by atoms with Crippen molar-refractivity contribution in [3.8, 4) is 0 Å². The number of benzene rings is 1. The Kier molecular flexibility index (Phi) is 8.20. The fourth-order valence-corrected chi connectivity index (χ4v) is 2.47. The summed E-state index contributed by atoms with van der Waals surface area (Å²) in [5.41, 5.74) is -1.03. The Balaban J connectivity index is 2.69. The Bertz CT molecular complexity index is 625. The number of carbonyl (C=O) groups is 3. The molecule has 0 aromatic heterocycles. The molecular formula is C17H21NO8.